The maximum absolute atomic E-state index is 5.34. The minimum atomic E-state index is 0.839. The summed E-state index contributed by atoms with van der Waals surface area (Å²) in [7, 11) is 0. The van der Waals surface area contributed by atoms with Gasteiger partial charge in [0.15, 0.2) is 0 Å². The molecule has 0 bridgehead atoms. The Morgan fingerprint density at radius 1 is 1.29 bits per heavy atom. The summed E-state index contributed by atoms with van der Waals surface area (Å²) >= 11 is 3.50. The van der Waals surface area contributed by atoms with Crippen LogP contribution in [0.5, 0.6) is 0 Å². The second kappa shape index (κ2) is 4.32. The summed E-state index contributed by atoms with van der Waals surface area (Å²) in [5, 5.41) is 0. The van der Waals surface area contributed by atoms with Crippen LogP contribution in [0.25, 0.3) is 0 Å². The van der Waals surface area contributed by atoms with Crippen LogP contribution < -0.4 is 4.90 Å². The SMILES string of the molecule is Cc1ccc(Br)cc1N1CCOCC1. The van der Waals surface area contributed by atoms with Gasteiger partial charge >= 0.3 is 0 Å². The highest BCUT2D eigenvalue weighted by molar-refractivity contribution is 9.10. The second-order valence-electron chi connectivity index (χ2n) is 3.53. The molecule has 0 unspecified atom stereocenters. The minimum absolute atomic E-state index is 0.839. The fraction of sp³-hybridized carbons (Fsp3) is 0.455. The van der Waals surface area contributed by atoms with Crippen LogP contribution in [0.3, 0.4) is 0 Å². The van der Waals surface area contributed by atoms with Crippen LogP contribution in [0.4, 0.5) is 5.69 Å². The van der Waals surface area contributed by atoms with Crippen LogP contribution >= 0.6 is 15.9 Å². The molecule has 0 N–H and O–H groups in total. The van der Waals surface area contributed by atoms with Crippen molar-refractivity contribution < 1.29 is 4.74 Å². The first kappa shape index (κ1) is 9.99. The molecular weight excluding hydrogens is 242 g/mol. The van der Waals surface area contributed by atoms with E-state index in [1.807, 2.05) is 0 Å². The highest BCUT2D eigenvalue weighted by Gasteiger charge is 2.12. The zero-order valence-corrected chi connectivity index (χ0v) is 9.88. The third-order valence-corrected chi connectivity index (χ3v) is 3.02. The molecule has 2 nitrogen and oxygen atoms in total. The topological polar surface area (TPSA) is 12.5 Å². The average Bonchev–Trinajstić information content (AvgIpc) is 2.23. The van der Waals surface area contributed by atoms with Crippen LogP contribution in [0.15, 0.2) is 22.7 Å². The van der Waals surface area contributed by atoms with E-state index in [9.17, 15) is 0 Å². The Morgan fingerprint density at radius 2 is 2.00 bits per heavy atom. The Morgan fingerprint density at radius 3 is 2.71 bits per heavy atom. The van der Waals surface area contributed by atoms with Gasteiger partial charge in [0.1, 0.15) is 0 Å². The third kappa shape index (κ3) is 2.10. The predicted octanol–water partition coefficient (Wildman–Crippen LogP) is 2.59. The van der Waals surface area contributed by atoms with E-state index in [2.05, 4.69) is 46.0 Å². The van der Waals surface area contributed by atoms with Gasteiger partial charge in [0.05, 0.1) is 13.2 Å². The summed E-state index contributed by atoms with van der Waals surface area (Å²) in [4.78, 5) is 2.38. The molecule has 3 heteroatoms. The molecular formula is C11H14BrNO. The Labute approximate surface area is 93.0 Å². The van der Waals surface area contributed by atoms with Gasteiger partial charge in [0.2, 0.25) is 0 Å². The molecule has 1 fully saturated rings. The highest BCUT2D eigenvalue weighted by atomic mass is 79.9. The lowest BCUT2D eigenvalue weighted by Crippen LogP contribution is -2.36. The molecule has 0 radical (unpaired) electrons. The predicted molar refractivity (Wildman–Crippen MR) is 61.9 cm³/mol. The van der Waals surface area contributed by atoms with Crippen LogP contribution in [0.2, 0.25) is 0 Å². The summed E-state index contributed by atoms with van der Waals surface area (Å²) in [6, 6.07) is 6.41. The summed E-state index contributed by atoms with van der Waals surface area (Å²) < 4.78 is 6.48. The molecule has 0 aromatic heterocycles. The van der Waals surface area contributed by atoms with E-state index in [0.717, 1.165) is 30.8 Å². The number of ether oxygens (including phenoxy) is 1. The van der Waals surface area contributed by atoms with Crippen molar-refractivity contribution >= 4 is 21.6 Å². The maximum atomic E-state index is 5.34. The number of morpholine rings is 1. The standard InChI is InChI=1S/C11H14BrNO/c1-9-2-3-10(12)8-11(9)13-4-6-14-7-5-13/h2-3,8H,4-7H2,1H3. The van der Waals surface area contributed by atoms with Crippen molar-refractivity contribution in [2.75, 3.05) is 31.2 Å². The Bertz CT molecular complexity index is 321. The van der Waals surface area contributed by atoms with Crippen molar-refractivity contribution in [2.24, 2.45) is 0 Å². The molecule has 0 atom stereocenters. The zero-order chi connectivity index (χ0) is 9.97. The number of anilines is 1. The van der Waals surface area contributed by atoms with Crippen LogP contribution in [-0.4, -0.2) is 26.3 Å². The van der Waals surface area contributed by atoms with Gasteiger partial charge in [-0.3, -0.25) is 0 Å². The molecule has 1 aliphatic rings. The van der Waals surface area contributed by atoms with Crippen molar-refractivity contribution in [1.29, 1.82) is 0 Å². The summed E-state index contributed by atoms with van der Waals surface area (Å²) in [6.07, 6.45) is 0. The molecule has 0 spiro atoms. The summed E-state index contributed by atoms with van der Waals surface area (Å²) in [5.74, 6) is 0. The number of nitrogens with zero attached hydrogens (tertiary/aromatic N) is 1. The van der Waals surface area contributed by atoms with Crippen molar-refractivity contribution in [3.63, 3.8) is 0 Å². The zero-order valence-electron chi connectivity index (χ0n) is 8.29. The minimum Gasteiger partial charge on any atom is -0.378 e. The van der Waals surface area contributed by atoms with Crippen molar-refractivity contribution in [3.8, 4) is 0 Å². The normalized spacial score (nSPS) is 17.1. The van der Waals surface area contributed by atoms with E-state index in [4.69, 9.17) is 4.74 Å². The van der Waals surface area contributed by atoms with Gasteiger partial charge in [-0.25, -0.2) is 0 Å². The molecule has 14 heavy (non-hydrogen) atoms. The first-order chi connectivity index (χ1) is 6.77. The van der Waals surface area contributed by atoms with Gasteiger partial charge in [0.25, 0.3) is 0 Å². The smallest absolute Gasteiger partial charge is 0.0642 e. The molecule has 1 heterocycles. The number of hydrogen-bond donors (Lipinski definition) is 0. The van der Waals surface area contributed by atoms with E-state index >= 15 is 0 Å². The molecule has 1 aromatic rings. The van der Waals surface area contributed by atoms with E-state index in [-0.39, 0.29) is 0 Å². The number of halogens is 1. The number of aryl methyl sites for hydroxylation is 1. The van der Waals surface area contributed by atoms with E-state index in [0.29, 0.717) is 0 Å². The van der Waals surface area contributed by atoms with Gasteiger partial charge in [-0.1, -0.05) is 22.0 Å². The third-order valence-electron chi connectivity index (χ3n) is 2.52. The quantitative estimate of drug-likeness (QED) is 0.765. The molecule has 0 saturated carbocycles. The van der Waals surface area contributed by atoms with Gasteiger partial charge in [-0.2, -0.15) is 0 Å². The highest BCUT2D eigenvalue weighted by Crippen LogP contribution is 2.25. The Kier molecular flexibility index (Phi) is 3.08. The van der Waals surface area contributed by atoms with Crippen molar-refractivity contribution in [2.45, 2.75) is 6.92 Å². The lowest BCUT2D eigenvalue weighted by Gasteiger charge is -2.30. The molecule has 0 aliphatic carbocycles. The van der Waals surface area contributed by atoms with E-state index in [1.54, 1.807) is 0 Å². The first-order valence-electron chi connectivity index (χ1n) is 4.86. The molecule has 1 aliphatic heterocycles. The molecule has 1 saturated heterocycles. The largest absolute Gasteiger partial charge is 0.378 e. The van der Waals surface area contributed by atoms with Gasteiger partial charge in [-0.15, -0.1) is 0 Å². The van der Waals surface area contributed by atoms with Gasteiger partial charge < -0.3 is 9.64 Å². The lowest BCUT2D eigenvalue weighted by molar-refractivity contribution is 0.122. The lowest BCUT2D eigenvalue weighted by atomic mass is 10.2. The summed E-state index contributed by atoms with van der Waals surface area (Å²) in [6.45, 7) is 5.82. The molecule has 2 rings (SSSR count). The maximum Gasteiger partial charge on any atom is 0.0642 e. The summed E-state index contributed by atoms with van der Waals surface area (Å²) in [5.41, 5.74) is 2.65. The molecule has 1 aromatic carbocycles. The van der Waals surface area contributed by atoms with Crippen LogP contribution in [-0.2, 0) is 4.74 Å². The number of benzene rings is 1. The Balaban J connectivity index is 2.24. The number of hydrogen-bond acceptors (Lipinski definition) is 2. The molecule has 76 valence electrons. The Hall–Kier alpha value is -0.540. The van der Waals surface area contributed by atoms with E-state index in [1.165, 1.54) is 11.3 Å². The average molecular weight is 256 g/mol. The fourth-order valence-electron chi connectivity index (χ4n) is 1.73. The fourth-order valence-corrected chi connectivity index (χ4v) is 2.08. The van der Waals surface area contributed by atoms with Crippen LogP contribution in [0, 0.1) is 6.92 Å². The van der Waals surface area contributed by atoms with Crippen molar-refractivity contribution in [3.05, 3.63) is 28.2 Å². The second-order valence-corrected chi connectivity index (χ2v) is 4.45. The van der Waals surface area contributed by atoms with Gasteiger partial charge in [0, 0.05) is 23.2 Å². The number of rotatable bonds is 1. The monoisotopic (exact) mass is 255 g/mol. The van der Waals surface area contributed by atoms with E-state index < -0.39 is 0 Å². The van der Waals surface area contributed by atoms with Gasteiger partial charge in [-0.05, 0) is 24.6 Å². The first-order valence-corrected chi connectivity index (χ1v) is 5.65. The molecule has 0 amide bonds. The van der Waals surface area contributed by atoms with Crippen LogP contribution in [0.1, 0.15) is 5.56 Å². The van der Waals surface area contributed by atoms with Crippen molar-refractivity contribution in [1.82, 2.24) is 0 Å².